The van der Waals surface area contributed by atoms with E-state index < -0.39 is 12.1 Å². The first-order chi connectivity index (χ1) is 17.5. The number of nitrogens with zero attached hydrogens (tertiary/aromatic N) is 1. The molecule has 0 fully saturated rings. The third-order valence-corrected chi connectivity index (χ3v) is 4.50. The highest BCUT2D eigenvalue weighted by molar-refractivity contribution is 6.40. The van der Waals surface area contributed by atoms with Crippen LogP contribution in [0.15, 0.2) is 96.0 Å². The molecule has 0 spiro atoms. The van der Waals surface area contributed by atoms with E-state index in [9.17, 15) is 9.59 Å². The highest BCUT2D eigenvalue weighted by Crippen LogP contribution is 2.19. The summed E-state index contributed by atoms with van der Waals surface area (Å²) in [4.78, 5) is 27.6. The van der Waals surface area contributed by atoms with Gasteiger partial charge in [0.15, 0.2) is 6.04 Å². The van der Waals surface area contributed by atoms with Crippen LogP contribution in [0.3, 0.4) is 0 Å². The maximum atomic E-state index is 12.0. The number of carbonyl (C=O) groups is 2. The van der Waals surface area contributed by atoms with Crippen LogP contribution in [0.5, 0.6) is 0 Å². The van der Waals surface area contributed by atoms with Gasteiger partial charge in [-0.05, 0) is 30.5 Å². The van der Waals surface area contributed by atoms with Crippen molar-refractivity contribution in [3.63, 3.8) is 0 Å². The maximum Gasteiger partial charge on any atom is 0.335 e. The van der Waals surface area contributed by atoms with Gasteiger partial charge in [-0.3, -0.25) is 4.99 Å². The Kier molecular flexibility index (Phi) is 16.3. The first-order valence-corrected chi connectivity index (χ1v) is 12.4. The quantitative estimate of drug-likeness (QED) is 0.216. The third kappa shape index (κ3) is 12.0. The Morgan fingerprint density at radius 3 is 1.67 bits per heavy atom. The summed E-state index contributed by atoms with van der Waals surface area (Å²) in [5.74, 6) is -0.709. The molecule has 3 aromatic rings. The fraction of sp³-hybridized carbons (Fsp3) is 0.250. The largest absolute Gasteiger partial charge is 0.465 e. The van der Waals surface area contributed by atoms with Crippen LogP contribution in [-0.4, -0.2) is 36.7 Å². The number of halogens is 2. The summed E-state index contributed by atoms with van der Waals surface area (Å²) in [6.07, 6.45) is 1.70. The minimum Gasteiger partial charge on any atom is -0.465 e. The topological polar surface area (TPSA) is 91.0 Å². The summed E-state index contributed by atoms with van der Waals surface area (Å²) < 4.78 is 9.89. The Balaban J connectivity index is 0.000000349. The van der Waals surface area contributed by atoms with Gasteiger partial charge in [0, 0.05) is 6.21 Å². The van der Waals surface area contributed by atoms with Gasteiger partial charge in [0.1, 0.15) is 6.04 Å². The van der Waals surface area contributed by atoms with Crippen LogP contribution in [-0.2, 0) is 19.1 Å². The van der Waals surface area contributed by atoms with Gasteiger partial charge in [-0.15, -0.1) is 23.2 Å². The number of esters is 2. The van der Waals surface area contributed by atoms with Gasteiger partial charge in [-0.1, -0.05) is 91.0 Å². The van der Waals surface area contributed by atoms with Gasteiger partial charge in [-0.2, -0.15) is 0 Å². The lowest BCUT2D eigenvalue weighted by Crippen LogP contribution is -2.23. The zero-order valence-electron chi connectivity index (χ0n) is 20.4. The molecule has 3 rings (SSSR count). The van der Waals surface area contributed by atoms with Crippen molar-refractivity contribution in [3.8, 4) is 0 Å². The van der Waals surface area contributed by atoms with Crippen molar-refractivity contribution in [2.45, 2.75) is 25.9 Å². The van der Waals surface area contributed by atoms with E-state index in [1.54, 1.807) is 20.1 Å². The van der Waals surface area contributed by atoms with Gasteiger partial charge in [-0.25, -0.2) is 9.59 Å². The molecule has 0 aliphatic carbocycles. The number of alkyl halides is 2. The van der Waals surface area contributed by atoms with Crippen molar-refractivity contribution in [1.29, 1.82) is 0 Å². The molecule has 6 nitrogen and oxygen atoms in total. The second-order valence-electron chi connectivity index (χ2n) is 7.00. The summed E-state index contributed by atoms with van der Waals surface area (Å²) in [7, 11) is 0. The van der Waals surface area contributed by atoms with Gasteiger partial charge in [0.25, 0.3) is 0 Å². The minimum atomic E-state index is -0.666. The fourth-order valence-electron chi connectivity index (χ4n) is 2.87. The minimum absolute atomic E-state index is 0.194. The standard InChI is InChI=1S/C17H17NO2.C10H13NO2.CH2Cl2/c1-2-20-17(19)16(15-11-7-4-8-12-15)18-13-14-9-5-3-6-10-14;1-2-13-10(12)9(11)8-6-4-3-5-7-8;2-1-3/h3-13,16H,2H2,1H3;3-7,9H,2,11H2,1H3;1H2. The number of hydrogen-bond donors (Lipinski definition) is 1. The SMILES string of the molecule is CCOC(=O)C(N)c1ccccc1.CCOC(=O)C(N=Cc1ccccc1)c1ccccc1.ClCCl. The summed E-state index contributed by atoms with van der Waals surface area (Å²) in [6.45, 7) is 4.26. The van der Waals surface area contributed by atoms with Crippen LogP contribution in [0.1, 0.15) is 42.6 Å². The summed E-state index contributed by atoms with van der Waals surface area (Å²) in [5, 5.41) is 0.194. The van der Waals surface area contributed by atoms with E-state index in [4.69, 9.17) is 38.4 Å². The number of rotatable bonds is 8. The average molecular weight is 531 g/mol. The smallest absolute Gasteiger partial charge is 0.335 e. The molecule has 3 aromatic carbocycles. The molecular formula is C28H32Cl2N2O4. The monoisotopic (exact) mass is 530 g/mol. The third-order valence-electron chi connectivity index (χ3n) is 4.50. The van der Waals surface area contributed by atoms with Crippen molar-refractivity contribution >= 4 is 41.4 Å². The number of ether oxygens (including phenoxy) is 2. The number of aliphatic imine (C=N–C) groups is 1. The van der Waals surface area contributed by atoms with Crippen molar-refractivity contribution < 1.29 is 19.1 Å². The Morgan fingerprint density at radius 2 is 1.19 bits per heavy atom. The Morgan fingerprint density at radius 1 is 0.778 bits per heavy atom. The highest BCUT2D eigenvalue weighted by Gasteiger charge is 2.20. The Hall–Kier alpha value is -3.19. The van der Waals surface area contributed by atoms with Crippen LogP contribution in [0.25, 0.3) is 0 Å². The summed E-state index contributed by atoms with van der Waals surface area (Å²) in [6, 6.07) is 27.0. The van der Waals surface area contributed by atoms with Crippen molar-refractivity contribution in [2.24, 2.45) is 10.7 Å². The predicted octanol–water partition coefficient (Wildman–Crippen LogP) is 6.08. The van der Waals surface area contributed by atoms with Crippen molar-refractivity contribution in [1.82, 2.24) is 0 Å². The fourth-order valence-corrected chi connectivity index (χ4v) is 2.87. The summed E-state index contributed by atoms with van der Waals surface area (Å²) in [5.41, 5.74) is 8.22. The average Bonchev–Trinajstić information content (AvgIpc) is 2.91. The van der Waals surface area contributed by atoms with Crippen LogP contribution in [0, 0.1) is 0 Å². The Labute approximate surface area is 223 Å². The second-order valence-corrected chi connectivity index (χ2v) is 7.80. The number of carbonyl (C=O) groups excluding carboxylic acids is 2. The molecular weight excluding hydrogens is 499 g/mol. The normalized spacial score (nSPS) is 11.7. The molecule has 2 N–H and O–H groups in total. The molecule has 0 saturated carbocycles. The Bertz CT molecular complexity index is 1020. The summed E-state index contributed by atoms with van der Waals surface area (Å²) >= 11 is 9.53. The van der Waals surface area contributed by atoms with E-state index in [2.05, 4.69) is 4.99 Å². The molecule has 2 atom stereocenters. The van der Waals surface area contributed by atoms with Gasteiger partial charge < -0.3 is 15.2 Å². The lowest BCUT2D eigenvalue weighted by Gasteiger charge is -2.11. The first-order valence-electron chi connectivity index (χ1n) is 11.4. The van der Waals surface area contributed by atoms with E-state index in [-0.39, 0.29) is 17.3 Å². The van der Waals surface area contributed by atoms with Crippen LogP contribution >= 0.6 is 23.2 Å². The second kappa shape index (κ2) is 19.1. The van der Waals surface area contributed by atoms with Crippen LogP contribution in [0.4, 0.5) is 0 Å². The zero-order chi connectivity index (χ0) is 26.6. The highest BCUT2D eigenvalue weighted by atomic mass is 35.5. The van der Waals surface area contributed by atoms with Gasteiger partial charge in [0.2, 0.25) is 0 Å². The molecule has 0 aliphatic rings. The molecule has 2 unspecified atom stereocenters. The van der Waals surface area contributed by atoms with E-state index in [1.165, 1.54) is 0 Å². The predicted molar refractivity (Wildman–Crippen MR) is 146 cm³/mol. The number of benzene rings is 3. The van der Waals surface area contributed by atoms with E-state index in [0.29, 0.717) is 13.2 Å². The van der Waals surface area contributed by atoms with Gasteiger partial charge >= 0.3 is 11.9 Å². The van der Waals surface area contributed by atoms with Crippen LogP contribution in [0.2, 0.25) is 0 Å². The van der Waals surface area contributed by atoms with Crippen molar-refractivity contribution in [3.05, 3.63) is 108 Å². The molecule has 8 heteroatoms. The molecule has 0 bridgehead atoms. The molecule has 0 amide bonds. The lowest BCUT2D eigenvalue weighted by molar-refractivity contribution is -0.145. The lowest BCUT2D eigenvalue weighted by atomic mass is 10.1. The molecule has 36 heavy (non-hydrogen) atoms. The van der Waals surface area contributed by atoms with E-state index in [1.807, 2.05) is 91.0 Å². The van der Waals surface area contributed by atoms with Gasteiger partial charge in [0.05, 0.1) is 18.6 Å². The molecule has 0 saturated heterocycles. The van der Waals surface area contributed by atoms with Crippen molar-refractivity contribution in [2.75, 3.05) is 18.6 Å². The molecule has 192 valence electrons. The molecule has 0 heterocycles. The zero-order valence-corrected chi connectivity index (χ0v) is 21.9. The number of nitrogens with two attached hydrogens (primary N) is 1. The maximum absolute atomic E-state index is 12.0. The first kappa shape index (κ1) is 30.8. The van der Waals surface area contributed by atoms with Crippen LogP contribution < -0.4 is 5.73 Å². The van der Waals surface area contributed by atoms with E-state index >= 15 is 0 Å². The number of hydrogen-bond acceptors (Lipinski definition) is 6. The van der Waals surface area contributed by atoms with E-state index in [0.717, 1.165) is 16.7 Å². The molecule has 0 radical (unpaired) electrons. The molecule has 0 aliphatic heterocycles. The molecule has 0 aromatic heterocycles.